The molecule has 2 unspecified atom stereocenters. The minimum absolute atomic E-state index is 0.0236. The smallest absolute Gasteiger partial charge is 0.182 e. The molecule has 5 heteroatoms. The van der Waals surface area contributed by atoms with Crippen LogP contribution in [0.15, 0.2) is 12.1 Å². The fourth-order valence-corrected chi connectivity index (χ4v) is 2.67. The SMILES string of the molecule is CCC1CNC(C)(CC)CN1c1cc(F)cc(F)c1F. The first-order valence-corrected chi connectivity index (χ1v) is 7.06. The van der Waals surface area contributed by atoms with Gasteiger partial charge in [0.15, 0.2) is 11.6 Å². The van der Waals surface area contributed by atoms with Crippen molar-refractivity contribution < 1.29 is 13.2 Å². The summed E-state index contributed by atoms with van der Waals surface area (Å²) in [6.45, 7) is 7.28. The Kier molecular flexibility index (Phi) is 4.28. The van der Waals surface area contributed by atoms with E-state index in [4.69, 9.17) is 0 Å². The first kappa shape index (κ1) is 15.2. The standard InChI is InChI=1S/C15H21F3N2/c1-4-11-8-19-15(3,5-2)9-20(11)13-7-10(16)6-12(17)14(13)18/h6-7,11,19H,4-5,8-9H2,1-3H3. The summed E-state index contributed by atoms with van der Waals surface area (Å²) >= 11 is 0. The van der Waals surface area contributed by atoms with Crippen molar-refractivity contribution in [3.63, 3.8) is 0 Å². The molecule has 1 aromatic rings. The zero-order chi connectivity index (χ0) is 14.9. The van der Waals surface area contributed by atoms with Crippen LogP contribution in [-0.2, 0) is 0 Å². The molecular weight excluding hydrogens is 265 g/mol. The van der Waals surface area contributed by atoms with Crippen LogP contribution in [0.5, 0.6) is 0 Å². The Morgan fingerprint density at radius 1 is 1.30 bits per heavy atom. The molecule has 0 radical (unpaired) electrons. The molecule has 1 N–H and O–H groups in total. The third-order valence-electron chi connectivity index (χ3n) is 4.26. The number of hydrogen-bond acceptors (Lipinski definition) is 2. The van der Waals surface area contributed by atoms with Gasteiger partial charge in [-0.1, -0.05) is 13.8 Å². The number of halogens is 3. The van der Waals surface area contributed by atoms with E-state index in [1.807, 2.05) is 20.8 Å². The van der Waals surface area contributed by atoms with Crippen molar-refractivity contribution in [1.82, 2.24) is 5.32 Å². The zero-order valence-electron chi connectivity index (χ0n) is 12.1. The van der Waals surface area contributed by atoms with Gasteiger partial charge in [0.05, 0.1) is 5.69 Å². The van der Waals surface area contributed by atoms with Crippen molar-refractivity contribution in [2.45, 2.75) is 45.2 Å². The Bertz CT molecular complexity index is 492. The Hall–Kier alpha value is -1.23. The Morgan fingerprint density at radius 3 is 2.60 bits per heavy atom. The summed E-state index contributed by atoms with van der Waals surface area (Å²) in [5, 5.41) is 3.44. The van der Waals surface area contributed by atoms with Gasteiger partial charge >= 0.3 is 0 Å². The molecule has 0 amide bonds. The summed E-state index contributed by atoms with van der Waals surface area (Å²) in [6.07, 6.45) is 1.64. The molecule has 1 fully saturated rings. The Labute approximate surface area is 118 Å². The first-order valence-electron chi connectivity index (χ1n) is 7.06. The van der Waals surface area contributed by atoms with Crippen LogP contribution in [0.4, 0.5) is 18.9 Å². The second-order valence-corrected chi connectivity index (χ2v) is 5.71. The molecule has 2 nitrogen and oxygen atoms in total. The van der Waals surface area contributed by atoms with Crippen LogP contribution in [0.1, 0.15) is 33.6 Å². The molecular formula is C15H21F3N2. The molecule has 1 aliphatic heterocycles. The number of benzene rings is 1. The van der Waals surface area contributed by atoms with E-state index >= 15 is 0 Å². The Balaban J connectivity index is 2.41. The average Bonchev–Trinajstić information content (AvgIpc) is 2.43. The molecule has 0 aromatic heterocycles. The molecule has 1 saturated heterocycles. The predicted molar refractivity (Wildman–Crippen MR) is 74.4 cm³/mol. The van der Waals surface area contributed by atoms with E-state index < -0.39 is 17.5 Å². The van der Waals surface area contributed by atoms with E-state index in [1.54, 1.807) is 4.90 Å². The van der Waals surface area contributed by atoms with Gasteiger partial charge in [-0.05, 0) is 19.8 Å². The molecule has 2 atom stereocenters. The van der Waals surface area contributed by atoms with Gasteiger partial charge in [0.25, 0.3) is 0 Å². The lowest BCUT2D eigenvalue weighted by Gasteiger charge is -2.47. The number of hydrogen-bond donors (Lipinski definition) is 1. The highest BCUT2D eigenvalue weighted by molar-refractivity contribution is 5.51. The van der Waals surface area contributed by atoms with Crippen LogP contribution < -0.4 is 10.2 Å². The van der Waals surface area contributed by atoms with Crippen LogP contribution in [0.25, 0.3) is 0 Å². The second-order valence-electron chi connectivity index (χ2n) is 5.71. The maximum absolute atomic E-state index is 14.0. The predicted octanol–water partition coefficient (Wildman–Crippen LogP) is 3.46. The van der Waals surface area contributed by atoms with E-state index in [2.05, 4.69) is 5.32 Å². The summed E-state index contributed by atoms with van der Waals surface area (Å²) in [6, 6.07) is 1.70. The molecule has 112 valence electrons. The Morgan fingerprint density at radius 2 is 2.00 bits per heavy atom. The highest BCUT2D eigenvalue weighted by Gasteiger charge is 2.35. The lowest BCUT2D eigenvalue weighted by atomic mass is 9.92. The van der Waals surface area contributed by atoms with Gasteiger partial charge in [-0.15, -0.1) is 0 Å². The van der Waals surface area contributed by atoms with Crippen molar-refractivity contribution in [2.24, 2.45) is 0 Å². The van der Waals surface area contributed by atoms with Crippen molar-refractivity contribution in [3.8, 4) is 0 Å². The van der Waals surface area contributed by atoms with Crippen LogP contribution in [-0.4, -0.2) is 24.7 Å². The fourth-order valence-electron chi connectivity index (χ4n) is 2.67. The van der Waals surface area contributed by atoms with Gasteiger partial charge in [0.2, 0.25) is 0 Å². The maximum atomic E-state index is 14.0. The normalized spacial score (nSPS) is 26.9. The molecule has 1 heterocycles. The van der Waals surface area contributed by atoms with E-state index in [0.29, 0.717) is 19.2 Å². The largest absolute Gasteiger partial charge is 0.363 e. The third-order valence-corrected chi connectivity index (χ3v) is 4.26. The van der Waals surface area contributed by atoms with Gasteiger partial charge in [0.1, 0.15) is 5.82 Å². The third kappa shape index (κ3) is 2.77. The number of piperazine rings is 1. The lowest BCUT2D eigenvalue weighted by Crippen LogP contribution is -2.63. The van der Waals surface area contributed by atoms with Crippen LogP contribution >= 0.6 is 0 Å². The number of nitrogens with one attached hydrogen (secondary N) is 1. The van der Waals surface area contributed by atoms with Crippen LogP contribution in [0.2, 0.25) is 0 Å². The summed E-state index contributed by atoms with van der Waals surface area (Å²) in [5.41, 5.74) is -0.156. The number of nitrogens with zero attached hydrogens (tertiary/aromatic N) is 1. The van der Waals surface area contributed by atoms with Gasteiger partial charge < -0.3 is 10.2 Å². The highest BCUT2D eigenvalue weighted by atomic mass is 19.2. The van der Waals surface area contributed by atoms with E-state index in [1.165, 1.54) is 0 Å². The van der Waals surface area contributed by atoms with Gasteiger partial charge in [0, 0.05) is 36.8 Å². The van der Waals surface area contributed by atoms with Gasteiger partial charge in [-0.3, -0.25) is 0 Å². The molecule has 20 heavy (non-hydrogen) atoms. The minimum Gasteiger partial charge on any atom is -0.363 e. The fraction of sp³-hybridized carbons (Fsp3) is 0.600. The van der Waals surface area contributed by atoms with Crippen LogP contribution in [0, 0.1) is 17.5 Å². The topological polar surface area (TPSA) is 15.3 Å². The van der Waals surface area contributed by atoms with Crippen LogP contribution in [0.3, 0.4) is 0 Å². The summed E-state index contributed by atoms with van der Waals surface area (Å²) < 4.78 is 40.9. The second kappa shape index (κ2) is 5.64. The van der Waals surface area contributed by atoms with Crippen molar-refractivity contribution in [2.75, 3.05) is 18.0 Å². The average molecular weight is 286 g/mol. The summed E-state index contributed by atoms with van der Waals surface area (Å²) in [5.74, 6) is -2.85. The monoisotopic (exact) mass is 286 g/mol. The lowest BCUT2D eigenvalue weighted by molar-refractivity contribution is 0.274. The van der Waals surface area contributed by atoms with Gasteiger partial charge in [-0.25, -0.2) is 13.2 Å². The molecule has 1 aliphatic rings. The zero-order valence-corrected chi connectivity index (χ0v) is 12.1. The number of anilines is 1. The number of rotatable bonds is 3. The maximum Gasteiger partial charge on any atom is 0.182 e. The minimum atomic E-state index is -1.13. The molecule has 0 spiro atoms. The molecule has 2 rings (SSSR count). The van der Waals surface area contributed by atoms with E-state index in [9.17, 15) is 13.2 Å². The molecule has 1 aromatic carbocycles. The first-order chi connectivity index (χ1) is 9.40. The summed E-state index contributed by atoms with van der Waals surface area (Å²) in [7, 11) is 0. The van der Waals surface area contributed by atoms with Crippen molar-refractivity contribution >= 4 is 5.69 Å². The van der Waals surface area contributed by atoms with Crippen molar-refractivity contribution in [1.29, 1.82) is 0 Å². The van der Waals surface area contributed by atoms with Gasteiger partial charge in [-0.2, -0.15) is 0 Å². The van der Waals surface area contributed by atoms with E-state index in [0.717, 1.165) is 18.9 Å². The molecule has 0 saturated carbocycles. The molecule has 0 aliphatic carbocycles. The molecule has 0 bridgehead atoms. The highest BCUT2D eigenvalue weighted by Crippen LogP contribution is 2.30. The van der Waals surface area contributed by atoms with E-state index in [-0.39, 0.29) is 17.3 Å². The summed E-state index contributed by atoms with van der Waals surface area (Å²) in [4.78, 5) is 1.79. The van der Waals surface area contributed by atoms with Crippen molar-refractivity contribution in [3.05, 3.63) is 29.6 Å². The quantitative estimate of drug-likeness (QED) is 0.856.